The van der Waals surface area contributed by atoms with E-state index in [1.165, 1.54) is 0 Å². The van der Waals surface area contributed by atoms with Crippen LogP contribution in [0.25, 0.3) is 0 Å². The SMILES string of the molecule is CC[C@@H]1CNc2ccc(Cl)nc2N1. The highest BCUT2D eigenvalue weighted by atomic mass is 35.5. The Morgan fingerprint density at radius 2 is 2.46 bits per heavy atom. The van der Waals surface area contributed by atoms with Gasteiger partial charge in [-0.15, -0.1) is 0 Å². The molecule has 2 heterocycles. The van der Waals surface area contributed by atoms with Crippen LogP contribution in [0.3, 0.4) is 0 Å². The van der Waals surface area contributed by atoms with Crippen LogP contribution in [0.1, 0.15) is 13.3 Å². The molecule has 0 spiro atoms. The van der Waals surface area contributed by atoms with Crippen molar-refractivity contribution in [1.82, 2.24) is 4.98 Å². The van der Waals surface area contributed by atoms with Gasteiger partial charge in [0.15, 0.2) is 5.82 Å². The molecule has 3 nitrogen and oxygen atoms in total. The molecule has 1 aromatic rings. The van der Waals surface area contributed by atoms with E-state index in [0.717, 1.165) is 24.5 Å². The van der Waals surface area contributed by atoms with Gasteiger partial charge in [-0.05, 0) is 18.6 Å². The van der Waals surface area contributed by atoms with E-state index < -0.39 is 0 Å². The molecular formula is C9H12ClN3. The number of anilines is 2. The second-order valence-corrected chi connectivity index (χ2v) is 3.55. The standard InChI is InChI=1S/C9H12ClN3/c1-2-6-5-11-7-3-4-8(10)13-9(7)12-6/h3-4,6,11H,2,5H2,1H3,(H,12,13)/t6-/m1/s1. The third kappa shape index (κ3) is 1.70. The molecule has 2 rings (SSSR count). The topological polar surface area (TPSA) is 37.0 Å². The minimum atomic E-state index is 0.457. The normalized spacial score (nSPS) is 20.0. The van der Waals surface area contributed by atoms with E-state index in [4.69, 9.17) is 11.6 Å². The fraction of sp³-hybridized carbons (Fsp3) is 0.444. The van der Waals surface area contributed by atoms with Gasteiger partial charge in [-0.2, -0.15) is 0 Å². The van der Waals surface area contributed by atoms with Crippen molar-refractivity contribution < 1.29 is 0 Å². The molecule has 1 aliphatic rings. The zero-order valence-corrected chi connectivity index (χ0v) is 8.23. The maximum Gasteiger partial charge on any atom is 0.151 e. The Labute approximate surface area is 82.5 Å². The van der Waals surface area contributed by atoms with Crippen molar-refractivity contribution in [3.8, 4) is 0 Å². The molecule has 13 heavy (non-hydrogen) atoms. The van der Waals surface area contributed by atoms with Gasteiger partial charge in [0.05, 0.1) is 5.69 Å². The van der Waals surface area contributed by atoms with Gasteiger partial charge in [0.1, 0.15) is 5.15 Å². The van der Waals surface area contributed by atoms with E-state index >= 15 is 0 Å². The third-order valence-electron chi connectivity index (χ3n) is 2.23. The fourth-order valence-electron chi connectivity index (χ4n) is 1.41. The molecule has 0 saturated carbocycles. The van der Waals surface area contributed by atoms with Gasteiger partial charge in [0, 0.05) is 12.6 Å². The highest BCUT2D eigenvalue weighted by Gasteiger charge is 2.16. The number of nitrogens with zero attached hydrogens (tertiary/aromatic N) is 1. The van der Waals surface area contributed by atoms with E-state index in [1.807, 2.05) is 6.07 Å². The average Bonchev–Trinajstić information content (AvgIpc) is 2.16. The molecule has 1 aromatic heterocycles. The van der Waals surface area contributed by atoms with Crippen molar-refractivity contribution in [3.63, 3.8) is 0 Å². The smallest absolute Gasteiger partial charge is 0.151 e. The number of aromatic nitrogens is 1. The first-order valence-electron chi connectivity index (χ1n) is 4.46. The van der Waals surface area contributed by atoms with E-state index in [-0.39, 0.29) is 0 Å². The summed E-state index contributed by atoms with van der Waals surface area (Å²) in [5.74, 6) is 0.866. The molecule has 2 N–H and O–H groups in total. The molecule has 0 radical (unpaired) electrons. The Balaban J connectivity index is 2.27. The largest absolute Gasteiger partial charge is 0.380 e. The van der Waals surface area contributed by atoms with Gasteiger partial charge in [-0.25, -0.2) is 4.98 Å². The number of fused-ring (bicyclic) bond motifs is 1. The number of pyridine rings is 1. The number of hydrogen-bond donors (Lipinski definition) is 2. The van der Waals surface area contributed by atoms with Crippen LogP contribution in [-0.2, 0) is 0 Å². The van der Waals surface area contributed by atoms with Gasteiger partial charge in [-0.3, -0.25) is 0 Å². The van der Waals surface area contributed by atoms with Crippen molar-refractivity contribution in [2.45, 2.75) is 19.4 Å². The minimum Gasteiger partial charge on any atom is -0.380 e. The molecule has 1 atom stereocenters. The summed E-state index contributed by atoms with van der Waals surface area (Å²) in [7, 11) is 0. The molecule has 70 valence electrons. The van der Waals surface area contributed by atoms with Crippen molar-refractivity contribution >= 4 is 23.1 Å². The second kappa shape index (κ2) is 3.42. The molecule has 1 aliphatic heterocycles. The monoisotopic (exact) mass is 197 g/mol. The van der Waals surface area contributed by atoms with Crippen LogP contribution in [0.2, 0.25) is 5.15 Å². The summed E-state index contributed by atoms with van der Waals surface area (Å²) in [4.78, 5) is 4.20. The van der Waals surface area contributed by atoms with Gasteiger partial charge in [0.2, 0.25) is 0 Å². The van der Waals surface area contributed by atoms with Crippen LogP contribution in [0, 0.1) is 0 Å². The van der Waals surface area contributed by atoms with Gasteiger partial charge < -0.3 is 10.6 Å². The zero-order chi connectivity index (χ0) is 9.26. The number of hydrogen-bond acceptors (Lipinski definition) is 3. The van der Waals surface area contributed by atoms with Crippen LogP contribution < -0.4 is 10.6 Å². The van der Waals surface area contributed by atoms with Crippen molar-refractivity contribution in [2.75, 3.05) is 17.2 Å². The molecule has 0 fully saturated rings. The number of nitrogens with one attached hydrogen (secondary N) is 2. The number of halogens is 1. The maximum atomic E-state index is 5.79. The number of rotatable bonds is 1. The lowest BCUT2D eigenvalue weighted by Crippen LogP contribution is -2.32. The Hall–Kier alpha value is -0.960. The third-order valence-corrected chi connectivity index (χ3v) is 2.44. The van der Waals surface area contributed by atoms with Gasteiger partial charge >= 0.3 is 0 Å². The molecule has 0 bridgehead atoms. The van der Waals surface area contributed by atoms with E-state index in [1.54, 1.807) is 6.07 Å². The zero-order valence-electron chi connectivity index (χ0n) is 7.47. The molecular weight excluding hydrogens is 186 g/mol. The van der Waals surface area contributed by atoms with Crippen LogP contribution in [0.15, 0.2) is 12.1 Å². The summed E-state index contributed by atoms with van der Waals surface area (Å²) in [5, 5.41) is 7.17. The molecule has 0 unspecified atom stereocenters. The first-order valence-corrected chi connectivity index (χ1v) is 4.84. The second-order valence-electron chi connectivity index (χ2n) is 3.16. The summed E-state index contributed by atoms with van der Waals surface area (Å²) >= 11 is 5.79. The van der Waals surface area contributed by atoms with Crippen molar-refractivity contribution in [1.29, 1.82) is 0 Å². The van der Waals surface area contributed by atoms with E-state index in [9.17, 15) is 0 Å². The first-order chi connectivity index (χ1) is 6.29. The molecule has 0 amide bonds. The summed E-state index contributed by atoms with van der Waals surface area (Å²) in [6.45, 7) is 3.10. The van der Waals surface area contributed by atoms with Crippen molar-refractivity contribution in [2.24, 2.45) is 0 Å². The van der Waals surface area contributed by atoms with Crippen LogP contribution >= 0.6 is 11.6 Å². The fourth-order valence-corrected chi connectivity index (χ4v) is 1.56. The van der Waals surface area contributed by atoms with Crippen LogP contribution in [0.4, 0.5) is 11.5 Å². The Kier molecular flexibility index (Phi) is 2.27. The quantitative estimate of drug-likeness (QED) is 0.679. The Bertz CT molecular complexity index is 314. The summed E-state index contributed by atoms with van der Waals surface area (Å²) in [6.07, 6.45) is 1.08. The Morgan fingerprint density at radius 1 is 1.62 bits per heavy atom. The lowest BCUT2D eigenvalue weighted by Gasteiger charge is -2.26. The minimum absolute atomic E-state index is 0.457. The van der Waals surface area contributed by atoms with Gasteiger partial charge in [0.25, 0.3) is 0 Å². The lowest BCUT2D eigenvalue weighted by molar-refractivity contribution is 0.708. The maximum absolute atomic E-state index is 5.79. The molecule has 4 heteroatoms. The van der Waals surface area contributed by atoms with E-state index in [2.05, 4.69) is 22.5 Å². The summed E-state index contributed by atoms with van der Waals surface area (Å²) < 4.78 is 0. The average molecular weight is 198 g/mol. The first kappa shape index (κ1) is 8.63. The predicted molar refractivity (Wildman–Crippen MR) is 55.4 cm³/mol. The van der Waals surface area contributed by atoms with Crippen LogP contribution in [-0.4, -0.2) is 17.6 Å². The molecule has 0 aromatic carbocycles. The van der Waals surface area contributed by atoms with Crippen molar-refractivity contribution in [3.05, 3.63) is 17.3 Å². The summed E-state index contributed by atoms with van der Waals surface area (Å²) in [6, 6.07) is 4.20. The van der Waals surface area contributed by atoms with E-state index in [0.29, 0.717) is 11.2 Å². The lowest BCUT2D eigenvalue weighted by atomic mass is 10.2. The van der Waals surface area contributed by atoms with Gasteiger partial charge in [-0.1, -0.05) is 18.5 Å². The molecule has 0 saturated heterocycles. The Morgan fingerprint density at radius 3 is 3.23 bits per heavy atom. The predicted octanol–water partition coefficient (Wildman–Crippen LogP) is 2.35. The highest BCUT2D eigenvalue weighted by molar-refractivity contribution is 6.29. The molecule has 0 aliphatic carbocycles. The summed E-state index contributed by atoms with van der Waals surface area (Å²) in [5.41, 5.74) is 1.04. The highest BCUT2D eigenvalue weighted by Crippen LogP contribution is 2.25. The van der Waals surface area contributed by atoms with Crippen LogP contribution in [0.5, 0.6) is 0 Å².